The van der Waals surface area contributed by atoms with Gasteiger partial charge in [-0.3, -0.25) is 13.8 Å². The van der Waals surface area contributed by atoms with E-state index >= 15 is 0 Å². The van der Waals surface area contributed by atoms with Crippen molar-refractivity contribution in [1.82, 2.24) is 5.32 Å². The fraction of sp³-hybridized carbons (Fsp3) is 0.704. The van der Waals surface area contributed by atoms with Gasteiger partial charge < -0.3 is 19.8 Å². The van der Waals surface area contributed by atoms with Gasteiger partial charge in [0.05, 0.1) is 39.9 Å². The number of carbonyl (C=O) groups is 1. The number of hydrogen-bond donors (Lipinski definition) is 3. The van der Waals surface area contributed by atoms with Gasteiger partial charge in [0.1, 0.15) is 13.2 Å². The number of nitrogens with one attached hydrogen (secondary N) is 1. The SMILES string of the molecule is CC/C=C\C/C=C\C/C=C\C/C=C\C/C=C\C/C=C\C/C=C\C/C=C\C/C=C\CCCCCCCCCCCCCCCC(=O)NC(COP(=O)(O)OCC[N+](C)(C)C)C(O)/C=C/CCCCCCCCCCCCCCCCC. The van der Waals surface area contributed by atoms with Crippen molar-refractivity contribution in [2.24, 2.45) is 0 Å². The molecular formula is C71H126N2O6P+. The van der Waals surface area contributed by atoms with Crippen molar-refractivity contribution in [3.05, 3.63) is 122 Å². The standard InChI is InChI=1S/C71H125N2O6P/c1-6-8-10-12-14-16-18-20-22-24-25-26-27-28-29-30-31-32-33-34-35-36-37-38-39-40-41-42-43-44-45-46-47-49-51-53-55-57-59-61-63-65-71(75)72-69(68-79-80(76,77)78-67-66-73(3,4)5)70(74)64-62-60-58-56-54-52-50-48-23-21-19-17-15-13-11-9-7-2/h8,10,14,16,20,22,25-26,28-29,31-32,34-35,37-38,40-41,62,64,69-70,74H,6-7,9,11-13,15,17-19,21,23-24,27,30,33,36,39,42-61,63,65-68H2,1-5H3,(H-,72,75,76,77)/p+1/b10-8-,16-14-,22-20-,26-25-,29-28-,32-31-,35-34-,38-37-,41-40-,64-62+. The molecule has 0 radical (unpaired) electrons. The average molecular weight is 1130 g/mol. The molecule has 0 fully saturated rings. The van der Waals surface area contributed by atoms with E-state index in [1.54, 1.807) is 6.08 Å². The maximum atomic E-state index is 13.0. The lowest BCUT2D eigenvalue weighted by Crippen LogP contribution is -2.45. The Bertz CT molecular complexity index is 1720. The highest BCUT2D eigenvalue weighted by molar-refractivity contribution is 7.47. The normalized spacial score (nSPS) is 14.5. The van der Waals surface area contributed by atoms with E-state index in [2.05, 4.69) is 129 Å². The van der Waals surface area contributed by atoms with Gasteiger partial charge in [-0.15, -0.1) is 0 Å². The third-order valence-electron chi connectivity index (χ3n) is 14.2. The Labute approximate surface area is 494 Å². The van der Waals surface area contributed by atoms with Crippen molar-refractivity contribution in [2.45, 2.75) is 283 Å². The molecule has 0 saturated carbocycles. The molecule has 0 spiro atoms. The molecule has 0 heterocycles. The number of amides is 1. The summed E-state index contributed by atoms with van der Waals surface area (Å²) in [7, 11) is 1.57. The summed E-state index contributed by atoms with van der Waals surface area (Å²) in [4.78, 5) is 23.4. The van der Waals surface area contributed by atoms with E-state index in [0.29, 0.717) is 17.4 Å². The van der Waals surface area contributed by atoms with Gasteiger partial charge in [0.15, 0.2) is 0 Å². The minimum Gasteiger partial charge on any atom is -0.387 e. The summed E-state index contributed by atoms with van der Waals surface area (Å²) in [6.07, 6.45) is 90.3. The van der Waals surface area contributed by atoms with Crippen molar-refractivity contribution in [2.75, 3.05) is 40.9 Å². The van der Waals surface area contributed by atoms with Crippen LogP contribution < -0.4 is 5.32 Å². The zero-order valence-corrected chi connectivity index (χ0v) is 53.4. The van der Waals surface area contributed by atoms with Crippen LogP contribution in [0.15, 0.2) is 122 Å². The summed E-state index contributed by atoms with van der Waals surface area (Å²) >= 11 is 0. The summed E-state index contributed by atoms with van der Waals surface area (Å²) in [6, 6.07) is -0.854. The monoisotopic (exact) mass is 1130 g/mol. The number of phosphoric acid groups is 1. The number of likely N-dealkylation sites (N-methyl/N-ethyl adjacent to an activating group) is 1. The highest BCUT2D eigenvalue weighted by Crippen LogP contribution is 2.43. The number of aliphatic hydroxyl groups is 1. The molecule has 0 aliphatic rings. The Balaban J connectivity index is 4.06. The van der Waals surface area contributed by atoms with Crippen molar-refractivity contribution >= 4 is 13.7 Å². The number of carbonyl (C=O) groups excluding carboxylic acids is 1. The first kappa shape index (κ1) is 76.9. The first-order valence-electron chi connectivity index (χ1n) is 32.9. The summed E-state index contributed by atoms with van der Waals surface area (Å²) < 4.78 is 23.7. The minimum atomic E-state index is -4.35. The van der Waals surface area contributed by atoms with Crippen LogP contribution >= 0.6 is 7.82 Å². The molecule has 0 saturated heterocycles. The minimum absolute atomic E-state index is 0.0575. The summed E-state index contributed by atoms with van der Waals surface area (Å²) in [5.41, 5.74) is 0. The Hall–Kier alpha value is -3.10. The molecule has 8 nitrogen and oxygen atoms in total. The van der Waals surface area contributed by atoms with E-state index in [-0.39, 0.29) is 19.1 Å². The highest BCUT2D eigenvalue weighted by Gasteiger charge is 2.27. The molecule has 0 rings (SSSR count). The molecular weight excluding hydrogens is 1010 g/mol. The number of rotatable bonds is 59. The summed E-state index contributed by atoms with van der Waals surface area (Å²) in [5, 5.41) is 14.0. The van der Waals surface area contributed by atoms with Crippen LogP contribution in [0.4, 0.5) is 0 Å². The Kier molecular flexibility index (Phi) is 58.1. The Morgan fingerprint density at radius 3 is 1.10 bits per heavy atom. The van der Waals surface area contributed by atoms with Gasteiger partial charge >= 0.3 is 7.82 Å². The Morgan fingerprint density at radius 2 is 0.750 bits per heavy atom. The highest BCUT2D eigenvalue weighted by atomic mass is 31.2. The second kappa shape index (κ2) is 60.5. The fourth-order valence-electron chi connectivity index (χ4n) is 9.09. The predicted octanol–water partition coefficient (Wildman–Crippen LogP) is 20.9. The number of unbranched alkanes of at least 4 members (excludes halogenated alkanes) is 28. The van der Waals surface area contributed by atoms with Crippen LogP contribution in [0.2, 0.25) is 0 Å². The maximum absolute atomic E-state index is 13.0. The molecule has 3 unspecified atom stereocenters. The molecule has 3 N–H and O–H groups in total. The van der Waals surface area contributed by atoms with E-state index < -0.39 is 20.0 Å². The number of quaternary nitrogens is 1. The van der Waals surface area contributed by atoms with Gasteiger partial charge in [-0.05, 0) is 89.9 Å². The van der Waals surface area contributed by atoms with Crippen molar-refractivity contribution < 1.29 is 32.9 Å². The van der Waals surface area contributed by atoms with Gasteiger partial charge in [-0.1, -0.05) is 296 Å². The second-order valence-corrected chi connectivity index (χ2v) is 24.6. The molecule has 0 bridgehead atoms. The molecule has 3 atom stereocenters. The number of nitrogens with zero attached hydrogens (tertiary/aromatic N) is 1. The lowest BCUT2D eigenvalue weighted by Gasteiger charge is -2.25. The van der Waals surface area contributed by atoms with Gasteiger partial charge in [-0.25, -0.2) is 4.57 Å². The molecule has 80 heavy (non-hydrogen) atoms. The molecule has 460 valence electrons. The van der Waals surface area contributed by atoms with Crippen LogP contribution in [0, 0.1) is 0 Å². The smallest absolute Gasteiger partial charge is 0.387 e. The number of hydrogen-bond acceptors (Lipinski definition) is 5. The molecule has 9 heteroatoms. The zero-order chi connectivity index (χ0) is 58.4. The molecule has 0 aromatic rings. The van der Waals surface area contributed by atoms with Crippen molar-refractivity contribution in [1.29, 1.82) is 0 Å². The average Bonchev–Trinajstić information content (AvgIpc) is 3.42. The lowest BCUT2D eigenvalue weighted by atomic mass is 10.0. The van der Waals surface area contributed by atoms with Crippen LogP contribution in [-0.2, 0) is 18.4 Å². The second-order valence-electron chi connectivity index (χ2n) is 23.1. The molecule has 0 aliphatic heterocycles. The van der Waals surface area contributed by atoms with Crippen LogP contribution in [0.5, 0.6) is 0 Å². The third kappa shape index (κ3) is 62.5. The van der Waals surface area contributed by atoms with E-state index in [4.69, 9.17) is 9.05 Å². The maximum Gasteiger partial charge on any atom is 0.472 e. The van der Waals surface area contributed by atoms with Crippen molar-refractivity contribution in [3.63, 3.8) is 0 Å². The van der Waals surface area contributed by atoms with E-state index in [9.17, 15) is 19.4 Å². The molecule has 0 aromatic heterocycles. The third-order valence-corrected chi connectivity index (χ3v) is 15.2. The van der Waals surface area contributed by atoms with Gasteiger partial charge in [0.25, 0.3) is 0 Å². The fourth-order valence-corrected chi connectivity index (χ4v) is 9.83. The topological polar surface area (TPSA) is 105 Å². The quantitative estimate of drug-likeness (QED) is 0.0243. The number of allylic oxidation sites excluding steroid dienone is 19. The lowest BCUT2D eigenvalue weighted by molar-refractivity contribution is -0.870. The Morgan fingerprint density at radius 1 is 0.438 bits per heavy atom. The van der Waals surface area contributed by atoms with Gasteiger partial charge in [0, 0.05) is 6.42 Å². The predicted molar refractivity (Wildman–Crippen MR) is 350 cm³/mol. The van der Waals surface area contributed by atoms with Crippen molar-refractivity contribution in [3.8, 4) is 0 Å². The van der Waals surface area contributed by atoms with E-state index in [1.807, 2.05) is 27.2 Å². The first-order valence-corrected chi connectivity index (χ1v) is 34.4. The van der Waals surface area contributed by atoms with Gasteiger partial charge in [-0.2, -0.15) is 0 Å². The van der Waals surface area contributed by atoms with E-state index in [0.717, 1.165) is 96.3 Å². The summed E-state index contributed by atoms with van der Waals surface area (Å²) in [5.74, 6) is -0.181. The van der Waals surface area contributed by atoms with Crippen LogP contribution in [0.25, 0.3) is 0 Å². The zero-order valence-electron chi connectivity index (χ0n) is 52.5. The number of aliphatic hydroxyl groups excluding tert-OH is 1. The summed E-state index contributed by atoms with van der Waals surface area (Å²) in [6.45, 7) is 4.71. The van der Waals surface area contributed by atoms with Crippen LogP contribution in [0.1, 0.15) is 271 Å². The first-order chi connectivity index (χ1) is 39.0. The largest absolute Gasteiger partial charge is 0.472 e. The molecule has 0 aliphatic carbocycles. The molecule has 1 amide bonds. The number of phosphoric ester groups is 1. The van der Waals surface area contributed by atoms with Gasteiger partial charge in [0.2, 0.25) is 5.91 Å². The van der Waals surface area contributed by atoms with E-state index in [1.165, 1.54) is 154 Å². The van der Waals surface area contributed by atoms with Crippen LogP contribution in [0.3, 0.4) is 0 Å². The van der Waals surface area contributed by atoms with Crippen LogP contribution in [-0.4, -0.2) is 73.4 Å². The molecule has 0 aromatic carbocycles.